The highest BCUT2D eigenvalue weighted by molar-refractivity contribution is 5.01. The summed E-state index contributed by atoms with van der Waals surface area (Å²) in [5.41, 5.74) is 6.47. The van der Waals surface area contributed by atoms with Crippen LogP contribution in [0, 0.1) is 0 Å². The van der Waals surface area contributed by atoms with Gasteiger partial charge in [-0.25, -0.2) is 0 Å². The first-order chi connectivity index (χ1) is 2.89. The number of hydrogen-bond acceptors (Lipinski definition) is 1. The van der Waals surface area contributed by atoms with E-state index in [2.05, 4.69) is 6.08 Å². The Kier molecular flexibility index (Phi) is 0.825. The molecule has 0 bridgehead atoms. The molecule has 6 heavy (non-hydrogen) atoms. The fourth-order valence-electron chi connectivity index (χ4n) is 0.696. The molecule has 0 heterocycles. The highest BCUT2D eigenvalue weighted by Crippen LogP contribution is 2.10. The van der Waals surface area contributed by atoms with Crippen LogP contribution < -0.4 is 5.73 Å². The average molecular weight is 83.1 g/mol. The SMILES string of the molecule is NC1=CCCC1. The number of nitrogens with two attached hydrogens (primary N) is 1. The summed E-state index contributed by atoms with van der Waals surface area (Å²) in [6.07, 6.45) is 5.69. The molecule has 0 unspecified atom stereocenters. The largest absolute Gasteiger partial charge is 0.402 e. The van der Waals surface area contributed by atoms with E-state index in [9.17, 15) is 0 Å². The predicted molar refractivity (Wildman–Crippen MR) is 26.1 cm³/mol. The molecule has 2 N–H and O–H groups in total. The van der Waals surface area contributed by atoms with E-state index >= 15 is 0 Å². The summed E-state index contributed by atoms with van der Waals surface area (Å²) in [5, 5.41) is 0. The Morgan fingerprint density at radius 1 is 1.67 bits per heavy atom. The van der Waals surface area contributed by atoms with Gasteiger partial charge in [-0.05, 0) is 19.3 Å². The topological polar surface area (TPSA) is 26.0 Å². The summed E-state index contributed by atoms with van der Waals surface area (Å²) >= 11 is 0. The summed E-state index contributed by atoms with van der Waals surface area (Å²) in [4.78, 5) is 0. The Hall–Kier alpha value is -0.460. The molecule has 1 aliphatic carbocycles. The summed E-state index contributed by atoms with van der Waals surface area (Å²) in [6.45, 7) is 0. The smallest absolute Gasteiger partial charge is 0.00400 e. The van der Waals surface area contributed by atoms with Crippen molar-refractivity contribution in [1.82, 2.24) is 0 Å². The van der Waals surface area contributed by atoms with Gasteiger partial charge in [0, 0.05) is 5.70 Å². The van der Waals surface area contributed by atoms with Gasteiger partial charge >= 0.3 is 0 Å². The molecular weight excluding hydrogens is 74.1 g/mol. The highest BCUT2D eigenvalue weighted by atomic mass is 14.6. The van der Waals surface area contributed by atoms with Crippen LogP contribution >= 0.6 is 0 Å². The zero-order chi connectivity index (χ0) is 4.41. The zero-order valence-corrected chi connectivity index (χ0v) is 3.78. The van der Waals surface area contributed by atoms with E-state index in [4.69, 9.17) is 5.73 Å². The second kappa shape index (κ2) is 1.33. The van der Waals surface area contributed by atoms with Crippen LogP contribution in [0.5, 0.6) is 0 Å². The molecule has 0 radical (unpaired) electrons. The molecule has 1 nitrogen and oxygen atoms in total. The molecule has 0 aromatic rings. The van der Waals surface area contributed by atoms with Crippen LogP contribution in [0.3, 0.4) is 0 Å². The third-order valence-electron chi connectivity index (χ3n) is 1.08. The van der Waals surface area contributed by atoms with E-state index in [0.29, 0.717) is 0 Å². The molecule has 0 spiro atoms. The molecule has 0 amide bonds. The lowest BCUT2D eigenvalue weighted by atomic mass is 10.3. The Morgan fingerprint density at radius 3 is 2.67 bits per heavy atom. The Balaban J connectivity index is 2.45. The van der Waals surface area contributed by atoms with Crippen molar-refractivity contribution >= 4 is 0 Å². The normalized spacial score (nSPS) is 21.0. The van der Waals surface area contributed by atoms with Gasteiger partial charge in [-0.3, -0.25) is 0 Å². The molecule has 0 aromatic heterocycles. The fourth-order valence-corrected chi connectivity index (χ4v) is 0.696. The minimum atomic E-state index is 1.08. The van der Waals surface area contributed by atoms with Crippen LogP contribution in [-0.4, -0.2) is 0 Å². The number of rotatable bonds is 0. The van der Waals surface area contributed by atoms with E-state index in [1.807, 2.05) is 0 Å². The third-order valence-corrected chi connectivity index (χ3v) is 1.08. The molecule has 0 saturated heterocycles. The molecule has 34 valence electrons. The maximum absolute atomic E-state index is 5.40. The molecule has 0 aromatic carbocycles. The Morgan fingerprint density at radius 2 is 2.50 bits per heavy atom. The van der Waals surface area contributed by atoms with Crippen LogP contribution in [0.4, 0.5) is 0 Å². The molecule has 1 heteroatoms. The summed E-state index contributed by atoms with van der Waals surface area (Å²) in [7, 11) is 0. The standard InChI is InChI=1S/C5H9N/c6-5-3-1-2-4-5/h3H,1-2,4,6H2. The minimum absolute atomic E-state index is 1.08. The van der Waals surface area contributed by atoms with E-state index in [-0.39, 0.29) is 0 Å². The lowest BCUT2D eigenvalue weighted by Crippen LogP contribution is -1.89. The molecule has 1 rings (SSSR count). The summed E-state index contributed by atoms with van der Waals surface area (Å²) in [5.74, 6) is 0. The van der Waals surface area contributed by atoms with Crippen LogP contribution in [0.15, 0.2) is 11.8 Å². The van der Waals surface area contributed by atoms with Crippen molar-refractivity contribution in [2.75, 3.05) is 0 Å². The lowest BCUT2D eigenvalue weighted by molar-refractivity contribution is 0.900. The first-order valence-electron chi connectivity index (χ1n) is 2.34. The second-order valence-corrected chi connectivity index (χ2v) is 1.67. The molecule has 1 aliphatic rings. The molecular formula is C5H9N. The van der Waals surface area contributed by atoms with Crippen molar-refractivity contribution in [1.29, 1.82) is 0 Å². The Bertz CT molecular complexity index is 74.0. The first-order valence-corrected chi connectivity index (χ1v) is 2.34. The zero-order valence-electron chi connectivity index (χ0n) is 3.78. The molecule has 0 aliphatic heterocycles. The quantitative estimate of drug-likeness (QED) is 0.464. The number of hydrogen-bond donors (Lipinski definition) is 1. The summed E-state index contributed by atoms with van der Waals surface area (Å²) < 4.78 is 0. The van der Waals surface area contributed by atoms with E-state index in [1.54, 1.807) is 0 Å². The molecule has 0 saturated carbocycles. The van der Waals surface area contributed by atoms with E-state index < -0.39 is 0 Å². The van der Waals surface area contributed by atoms with Crippen molar-refractivity contribution in [3.8, 4) is 0 Å². The Labute approximate surface area is 37.8 Å². The van der Waals surface area contributed by atoms with Gasteiger partial charge in [0.25, 0.3) is 0 Å². The van der Waals surface area contributed by atoms with Crippen LogP contribution in [0.2, 0.25) is 0 Å². The first kappa shape index (κ1) is 3.72. The van der Waals surface area contributed by atoms with Crippen molar-refractivity contribution < 1.29 is 0 Å². The highest BCUT2D eigenvalue weighted by Gasteiger charge is 1.95. The van der Waals surface area contributed by atoms with Gasteiger partial charge < -0.3 is 5.73 Å². The number of allylic oxidation sites excluding steroid dienone is 2. The van der Waals surface area contributed by atoms with Crippen molar-refractivity contribution in [3.05, 3.63) is 11.8 Å². The van der Waals surface area contributed by atoms with Crippen molar-refractivity contribution in [3.63, 3.8) is 0 Å². The van der Waals surface area contributed by atoms with Gasteiger partial charge in [0.1, 0.15) is 0 Å². The van der Waals surface area contributed by atoms with Gasteiger partial charge in [-0.1, -0.05) is 6.08 Å². The monoisotopic (exact) mass is 83.1 g/mol. The summed E-state index contributed by atoms with van der Waals surface area (Å²) in [6, 6.07) is 0. The fraction of sp³-hybridized carbons (Fsp3) is 0.600. The van der Waals surface area contributed by atoms with Crippen LogP contribution in [0.25, 0.3) is 0 Å². The average Bonchev–Trinajstić information content (AvgIpc) is 1.86. The van der Waals surface area contributed by atoms with Gasteiger partial charge in [0.05, 0.1) is 0 Å². The van der Waals surface area contributed by atoms with Crippen LogP contribution in [-0.2, 0) is 0 Å². The van der Waals surface area contributed by atoms with Crippen molar-refractivity contribution in [2.45, 2.75) is 19.3 Å². The molecule has 0 atom stereocenters. The third kappa shape index (κ3) is 0.534. The second-order valence-electron chi connectivity index (χ2n) is 1.67. The lowest BCUT2D eigenvalue weighted by Gasteiger charge is -1.81. The van der Waals surface area contributed by atoms with Gasteiger partial charge in [-0.15, -0.1) is 0 Å². The minimum Gasteiger partial charge on any atom is -0.402 e. The maximum Gasteiger partial charge on any atom is 0.00400 e. The van der Waals surface area contributed by atoms with Crippen molar-refractivity contribution in [2.24, 2.45) is 5.73 Å². The molecule has 0 fully saturated rings. The predicted octanol–water partition coefficient (Wildman–Crippen LogP) is 1.01. The van der Waals surface area contributed by atoms with Gasteiger partial charge in [0.15, 0.2) is 0 Å². The maximum atomic E-state index is 5.40. The van der Waals surface area contributed by atoms with E-state index in [0.717, 1.165) is 12.1 Å². The van der Waals surface area contributed by atoms with Gasteiger partial charge in [0.2, 0.25) is 0 Å². The van der Waals surface area contributed by atoms with Crippen LogP contribution in [0.1, 0.15) is 19.3 Å². The van der Waals surface area contributed by atoms with Gasteiger partial charge in [-0.2, -0.15) is 0 Å². The van der Waals surface area contributed by atoms with E-state index in [1.165, 1.54) is 12.8 Å².